The van der Waals surface area contributed by atoms with Crippen LogP contribution in [0.1, 0.15) is 11.1 Å². The molecule has 2 aromatic rings. The average molecular weight is 176 g/mol. The van der Waals surface area contributed by atoms with Crippen molar-refractivity contribution < 1.29 is 4.84 Å². The highest BCUT2D eigenvalue weighted by Crippen LogP contribution is 2.21. The molecule has 0 fully saturated rings. The third-order valence-corrected chi connectivity index (χ3v) is 2.23. The Labute approximate surface area is 76.5 Å². The van der Waals surface area contributed by atoms with Crippen LogP contribution >= 0.6 is 0 Å². The van der Waals surface area contributed by atoms with Crippen LogP contribution in [-0.2, 0) is 11.4 Å². The van der Waals surface area contributed by atoms with Crippen molar-refractivity contribution >= 4 is 10.9 Å². The number of hydrogen-bond acceptors (Lipinski definition) is 2. The maximum absolute atomic E-state index is 5.06. The maximum atomic E-state index is 5.06. The van der Waals surface area contributed by atoms with E-state index in [9.17, 15) is 0 Å². The van der Waals surface area contributed by atoms with Crippen LogP contribution in [0.4, 0.5) is 0 Å². The maximum Gasteiger partial charge on any atom is 0.0936 e. The fourth-order valence-corrected chi connectivity index (χ4v) is 1.65. The minimum atomic E-state index is 0.454. The lowest BCUT2D eigenvalue weighted by molar-refractivity contribution is 0.125. The molecule has 2 rings (SSSR count). The molecule has 3 heteroatoms. The number of nitrogens with two attached hydrogens (primary N) is 1. The summed E-state index contributed by atoms with van der Waals surface area (Å²) in [5.41, 5.74) is 3.48. The average Bonchev–Trinajstić information content (AvgIpc) is 2.50. The fraction of sp³-hybridized carbons (Fsp3) is 0.200. The first kappa shape index (κ1) is 8.29. The predicted molar refractivity (Wildman–Crippen MR) is 52.0 cm³/mol. The first-order valence-electron chi connectivity index (χ1n) is 4.20. The summed E-state index contributed by atoms with van der Waals surface area (Å²) in [5, 5.41) is 1.22. The summed E-state index contributed by atoms with van der Waals surface area (Å²) >= 11 is 0. The molecule has 1 heterocycles. The molecule has 3 nitrogen and oxygen atoms in total. The van der Waals surface area contributed by atoms with Crippen LogP contribution in [0.5, 0.6) is 0 Å². The van der Waals surface area contributed by atoms with Crippen LogP contribution in [0.2, 0.25) is 0 Å². The van der Waals surface area contributed by atoms with E-state index in [1.807, 2.05) is 24.4 Å². The molecule has 0 saturated heterocycles. The van der Waals surface area contributed by atoms with Crippen molar-refractivity contribution in [1.29, 1.82) is 0 Å². The van der Waals surface area contributed by atoms with Gasteiger partial charge in [-0.1, -0.05) is 12.1 Å². The zero-order valence-corrected chi connectivity index (χ0v) is 7.50. The third kappa shape index (κ3) is 1.32. The van der Waals surface area contributed by atoms with Crippen LogP contribution in [0.3, 0.4) is 0 Å². The van der Waals surface area contributed by atoms with Crippen molar-refractivity contribution in [2.45, 2.75) is 13.5 Å². The van der Waals surface area contributed by atoms with Crippen LogP contribution in [0.15, 0.2) is 24.4 Å². The molecule has 0 aliphatic rings. The summed E-state index contributed by atoms with van der Waals surface area (Å²) in [7, 11) is 0. The van der Waals surface area contributed by atoms with Gasteiger partial charge in [0, 0.05) is 17.1 Å². The highest BCUT2D eigenvalue weighted by atomic mass is 16.6. The SMILES string of the molecule is Cc1c[nH]c2cccc(CON)c12. The van der Waals surface area contributed by atoms with Gasteiger partial charge in [0.2, 0.25) is 0 Å². The number of rotatable bonds is 2. The molecule has 0 saturated carbocycles. The molecule has 0 amide bonds. The van der Waals surface area contributed by atoms with Crippen LogP contribution in [0, 0.1) is 6.92 Å². The second-order valence-corrected chi connectivity index (χ2v) is 3.12. The number of H-pyrrole nitrogens is 1. The van der Waals surface area contributed by atoms with Gasteiger partial charge in [-0.15, -0.1) is 0 Å². The van der Waals surface area contributed by atoms with Gasteiger partial charge in [0.1, 0.15) is 0 Å². The van der Waals surface area contributed by atoms with E-state index in [2.05, 4.69) is 16.7 Å². The molecular formula is C10H12N2O. The van der Waals surface area contributed by atoms with Crippen LogP contribution < -0.4 is 5.90 Å². The van der Waals surface area contributed by atoms with Gasteiger partial charge >= 0.3 is 0 Å². The Morgan fingerprint density at radius 1 is 1.46 bits per heavy atom. The number of benzene rings is 1. The minimum absolute atomic E-state index is 0.454. The van der Waals surface area contributed by atoms with Gasteiger partial charge in [-0.3, -0.25) is 4.84 Å². The highest BCUT2D eigenvalue weighted by Gasteiger charge is 2.04. The Hall–Kier alpha value is -1.32. The Morgan fingerprint density at radius 2 is 2.31 bits per heavy atom. The molecule has 0 aliphatic carbocycles. The molecular weight excluding hydrogens is 164 g/mol. The quantitative estimate of drug-likeness (QED) is 0.686. The third-order valence-electron chi connectivity index (χ3n) is 2.23. The number of aromatic nitrogens is 1. The molecule has 0 bridgehead atoms. The summed E-state index contributed by atoms with van der Waals surface area (Å²) in [6.07, 6.45) is 1.99. The van der Waals surface area contributed by atoms with Crippen molar-refractivity contribution in [2.24, 2.45) is 5.90 Å². The topological polar surface area (TPSA) is 51.0 Å². The van der Waals surface area contributed by atoms with Gasteiger partial charge in [-0.2, -0.15) is 0 Å². The first-order chi connectivity index (χ1) is 6.33. The summed E-state index contributed by atoms with van der Waals surface area (Å²) in [6.45, 7) is 2.52. The van der Waals surface area contributed by atoms with E-state index in [-0.39, 0.29) is 0 Å². The molecule has 0 atom stereocenters. The Balaban J connectivity index is 2.65. The zero-order valence-electron chi connectivity index (χ0n) is 7.50. The van der Waals surface area contributed by atoms with Crippen LogP contribution in [0.25, 0.3) is 10.9 Å². The molecule has 13 heavy (non-hydrogen) atoms. The second kappa shape index (κ2) is 3.20. The number of fused-ring (bicyclic) bond motifs is 1. The molecule has 0 aliphatic heterocycles. The van der Waals surface area contributed by atoms with Crippen molar-refractivity contribution in [3.05, 3.63) is 35.5 Å². The smallest absolute Gasteiger partial charge is 0.0936 e. The van der Waals surface area contributed by atoms with E-state index >= 15 is 0 Å². The number of nitrogens with one attached hydrogen (secondary N) is 1. The highest BCUT2D eigenvalue weighted by molar-refractivity contribution is 5.86. The molecule has 68 valence electrons. The Bertz CT molecular complexity index is 420. The van der Waals surface area contributed by atoms with Crippen LogP contribution in [-0.4, -0.2) is 4.98 Å². The number of aryl methyl sites for hydroxylation is 1. The lowest BCUT2D eigenvalue weighted by Gasteiger charge is -2.01. The molecule has 0 unspecified atom stereocenters. The monoisotopic (exact) mass is 176 g/mol. The summed E-state index contributed by atoms with van der Waals surface area (Å²) in [5.74, 6) is 5.06. The molecule has 1 aromatic heterocycles. The van der Waals surface area contributed by atoms with Gasteiger partial charge in [0.15, 0.2) is 0 Å². The summed E-state index contributed by atoms with van der Waals surface area (Å²) in [6, 6.07) is 6.06. The molecule has 1 aromatic carbocycles. The minimum Gasteiger partial charge on any atom is -0.361 e. The molecule has 3 N–H and O–H groups in total. The van der Waals surface area contributed by atoms with Crippen molar-refractivity contribution in [2.75, 3.05) is 0 Å². The lowest BCUT2D eigenvalue weighted by atomic mass is 10.1. The van der Waals surface area contributed by atoms with Gasteiger partial charge in [-0.05, 0) is 24.1 Å². The Morgan fingerprint density at radius 3 is 3.08 bits per heavy atom. The molecule has 0 radical (unpaired) electrons. The van der Waals surface area contributed by atoms with Gasteiger partial charge in [0.25, 0.3) is 0 Å². The van der Waals surface area contributed by atoms with E-state index in [4.69, 9.17) is 5.90 Å². The fourth-order valence-electron chi connectivity index (χ4n) is 1.65. The van der Waals surface area contributed by atoms with E-state index < -0.39 is 0 Å². The lowest BCUT2D eigenvalue weighted by Crippen LogP contribution is -1.99. The van der Waals surface area contributed by atoms with E-state index in [0.29, 0.717) is 6.61 Å². The number of hydrogen-bond donors (Lipinski definition) is 2. The Kier molecular flexibility index (Phi) is 2.04. The summed E-state index contributed by atoms with van der Waals surface area (Å²) < 4.78 is 0. The second-order valence-electron chi connectivity index (χ2n) is 3.12. The van der Waals surface area contributed by atoms with E-state index in [1.54, 1.807) is 0 Å². The number of aromatic amines is 1. The predicted octanol–water partition coefficient (Wildman–Crippen LogP) is 1.87. The van der Waals surface area contributed by atoms with Gasteiger partial charge in [0.05, 0.1) is 6.61 Å². The van der Waals surface area contributed by atoms with E-state index in [1.165, 1.54) is 10.9 Å². The zero-order chi connectivity index (χ0) is 9.26. The van der Waals surface area contributed by atoms with Gasteiger partial charge in [-0.25, -0.2) is 5.90 Å². The normalized spacial score (nSPS) is 10.9. The summed E-state index contributed by atoms with van der Waals surface area (Å²) in [4.78, 5) is 7.84. The standard InChI is InChI=1S/C10H12N2O/c1-7-5-12-9-4-2-3-8(6-13-11)10(7)9/h2-5,12H,6,11H2,1H3. The first-order valence-corrected chi connectivity index (χ1v) is 4.20. The molecule has 0 spiro atoms. The van der Waals surface area contributed by atoms with Gasteiger partial charge < -0.3 is 4.98 Å². The van der Waals surface area contributed by atoms with E-state index in [0.717, 1.165) is 11.1 Å². The van der Waals surface area contributed by atoms with Crippen molar-refractivity contribution in [3.8, 4) is 0 Å². The van der Waals surface area contributed by atoms with Crippen molar-refractivity contribution in [3.63, 3.8) is 0 Å². The largest absolute Gasteiger partial charge is 0.361 e. The van der Waals surface area contributed by atoms with Crippen molar-refractivity contribution in [1.82, 2.24) is 4.98 Å².